The second kappa shape index (κ2) is 4.32. The molecule has 0 radical (unpaired) electrons. The van der Waals surface area contributed by atoms with Crippen LogP contribution in [0, 0.1) is 29.6 Å². The van der Waals surface area contributed by atoms with Gasteiger partial charge in [0, 0.05) is 11.8 Å². The van der Waals surface area contributed by atoms with Crippen LogP contribution in [-0.2, 0) is 9.53 Å². The molecule has 19 heavy (non-hydrogen) atoms. The molecule has 3 rings (SSSR count). The predicted octanol–water partition coefficient (Wildman–Crippen LogP) is 1.12. The number of rotatable bonds is 0. The molecular weight excluding hydrogens is 244 g/mol. The van der Waals surface area contributed by atoms with E-state index in [0.29, 0.717) is 12.8 Å². The molecule has 1 aliphatic heterocycles. The number of esters is 1. The number of carbonyl (C=O) groups excluding carboxylic acids is 1. The SMILES string of the molecule is C=C1C[C@H](O)[C@@H]2[C@H](OC(=O)[C@@H]2C)[C@H]2[C@@H](C)[C@@H](O)C[C@@H]12. The van der Waals surface area contributed by atoms with Gasteiger partial charge in [0.1, 0.15) is 6.10 Å². The van der Waals surface area contributed by atoms with Gasteiger partial charge in [0.25, 0.3) is 0 Å². The number of hydrogen-bond acceptors (Lipinski definition) is 4. The summed E-state index contributed by atoms with van der Waals surface area (Å²) in [6, 6.07) is 0. The van der Waals surface area contributed by atoms with Crippen molar-refractivity contribution in [2.24, 2.45) is 29.6 Å². The van der Waals surface area contributed by atoms with E-state index in [0.717, 1.165) is 5.57 Å². The van der Waals surface area contributed by atoms with Crippen molar-refractivity contribution in [1.29, 1.82) is 0 Å². The van der Waals surface area contributed by atoms with Crippen molar-refractivity contribution >= 4 is 5.97 Å². The highest BCUT2D eigenvalue weighted by atomic mass is 16.6. The summed E-state index contributed by atoms with van der Waals surface area (Å²) in [5.41, 5.74) is 0.999. The second-order valence-corrected chi connectivity index (χ2v) is 6.54. The Labute approximate surface area is 113 Å². The number of aliphatic hydroxyl groups excluding tert-OH is 2. The summed E-state index contributed by atoms with van der Waals surface area (Å²) >= 11 is 0. The summed E-state index contributed by atoms with van der Waals surface area (Å²) in [6.07, 6.45) is -0.00463. The summed E-state index contributed by atoms with van der Waals surface area (Å²) in [5.74, 6) is -0.304. The minimum atomic E-state index is -0.561. The molecule has 0 bridgehead atoms. The van der Waals surface area contributed by atoms with Crippen LogP contribution in [0.25, 0.3) is 0 Å². The zero-order chi connectivity index (χ0) is 13.9. The first-order valence-electron chi connectivity index (χ1n) is 7.16. The lowest BCUT2D eigenvalue weighted by Crippen LogP contribution is -2.37. The van der Waals surface area contributed by atoms with Gasteiger partial charge >= 0.3 is 5.97 Å². The first kappa shape index (κ1) is 13.1. The fourth-order valence-electron chi connectivity index (χ4n) is 4.43. The molecule has 0 aromatic rings. The largest absolute Gasteiger partial charge is 0.461 e. The quantitative estimate of drug-likeness (QED) is 0.509. The smallest absolute Gasteiger partial charge is 0.309 e. The third-order valence-corrected chi connectivity index (χ3v) is 5.57. The lowest BCUT2D eigenvalue weighted by atomic mass is 9.77. The summed E-state index contributed by atoms with van der Waals surface area (Å²) < 4.78 is 5.56. The normalized spacial score (nSPS) is 53.5. The predicted molar refractivity (Wildman–Crippen MR) is 69.1 cm³/mol. The fourth-order valence-corrected chi connectivity index (χ4v) is 4.43. The highest BCUT2D eigenvalue weighted by Gasteiger charge is 2.57. The summed E-state index contributed by atoms with van der Waals surface area (Å²) in [6.45, 7) is 7.93. The first-order valence-corrected chi connectivity index (χ1v) is 7.16. The van der Waals surface area contributed by atoms with Crippen LogP contribution in [0.4, 0.5) is 0 Å². The van der Waals surface area contributed by atoms with Gasteiger partial charge in [-0.3, -0.25) is 4.79 Å². The second-order valence-electron chi connectivity index (χ2n) is 6.54. The van der Waals surface area contributed by atoms with Gasteiger partial charge in [0.05, 0.1) is 18.1 Å². The molecule has 3 aliphatic rings. The van der Waals surface area contributed by atoms with E-state index in [-0.39, 0.29) is 47.8 Å². The van der Waals surface area contributed by atoms with Gasteiger partial charge in [-0.25, -0.2) is 0 Å². The van der Waals surface area contributed by atoms with Gasteiger partial charge in [-0.1, -0.05) is 26.0 Å². The standard InChI is InChI=1S/C15H22O4/c1-6-4-11(17)13-8(3)15(18)19-14(13)12-7(2)10(16)5-9(6)12/h7-14,16-17H,1,4-5H2,2-3H3/t7-,8+,9-,10-,11-,12-,13+,14+/m0/s1. The molecule has 4 heteroatoms. The third kappa shape index (κ3) is 1.77. The van der Waals surface area contributed by atoms with Crippen molar-refractivity contribution in [3.05, 3.63) is 12.2 Å². The molecule has 0 amide bonds. The number of fused-ring (bicyclic) bond motifs is 3. The summed E-state index contributed by atoms with van der Waals surface area (Å²) in [7, 11) is 0. The van der Waals surface area contributed by atoms with E-state index >= 15 is 0 Å². The number of aliphatic hydroxyl groups is 2. The zero-order valence-corrected chi connectivity index (χ0v) is 11.5. The molecule has 2 saturated carbocycles. The molecule has 0 aromatic heterocycles. The van der Waals surface area contributed by atoms with Crippen LogP contribution in [-0.4, -0.2) is 34.5 Å². The van der Waals surface area contributed by atoms with Crippen molar-refractivity contribution in [2.45, 2.75) is 45.0 Å². The molecule has 0 unspecified atom stereocenters. The maximum atomic E-state index is 11.8. The third-order valence-electron chi connectivity index (χ3n) is 5.57. The van der Waals surface area contributed by atoms with Gasteiger partial charge in [-0.15, -0.1) is 0 Å². The minimum Gasteiger partial charge on any atom is -0.461 e. The van der Waals surface area contributed by atoms with Gasteiger partial charge in [0.15, 0.2) is 0 Å². The fraction of sp³-hybridized carbons (Fsp3) is 0.800. The van der Waals surface area contributed by atoms with E-state index < -0.39 is 6.10 Å². The van der Waals surface area contributed by atoms with Crippen molar-refractivity contribution < 1.29 is 19.7 Å². The summed E-state index contributed by atoms with van der Waals surface area (Å²) in [5, 5.41) is 20.5. The Morgan fingerprint density at radius 2 is 1.89 bits per heavy atom. The molecule has 0 spiro atoms. The lowest BCUT2D eigenvalue weighted by molar-refractivity contribution is -0.146. The molecule has 0 aromatic carbocycles. The van der Waals surface area contributed by atoms with Crippen LogP contribution in [0.15, 0.2) is 12.2 Å². The molecule has 106 valence electrons. The Balaban J connectivity index is 2.00. The summed E-state index contributed by atoms with van der Waals surface area (Å²) in [4.78, 5) is 11.8. The molecule has 3 fully saturated rings. The molecule has 2 N–H and O–H groups in total. The topological polar surface area (TPSA) is 66.8 Å². The molecular formula is C15H22O4. The minimum absolute atomic E-state index is 0.0812. The van der Waals surface area contributed by atoms with Crippen LogP contribution in [0.2, 0.25) is 0 Å². The van der Waals surface area contributed by atoms with Crippen LogP contribution in [0.3, 0.4) is 0 Å². The molecule has 1 heterocycles. The number of ether oxygens (including phenoxy) is 1. The Morgan fingerprint density at radius 1 is 1.21 bits per heavy atom. The van der Waals surface area contributed by atoms with E-state index in [1.165, 1.54) is 0 Å². The van der Waals surface area contributed by atoms with Gasteiger partial charge in [-0.2, -0.15) is 0 Å². The first-order chi connectivity index (χ1) is 8.91. The van der Waals surface area contributed by atoms with Gasteiger partial charge in [0.2, 0.25) is 0 Å². The highest BCUT2D eigenvalue weighted by Crippen LogP contribution is 2.52. The number of hydrogen-bond donors (Lipinski definition) is 2. The van der Waals surface area contributed by atoms with Crippen LogP contribution >= 0.6 is 0 Å². The van der Waals surface area contributed by atoms with Crippen LogP contribution in [0.1, 0.15) is 26.7 Å². The van der Waals surface area contributed by atoms with Crippen molar-refractivity contribution in [1.82, 2.24) is 0 Å². The Bertz CT molecular complexity index is 418. The van der Waals surface area contributed by atoms with Gasteiger partial charge in [-0.05, 0) is 24.7 Å². The molecule has 1 saturated heterocycles. The Hall–Kier alpha value is -0.870. The average molecular weight is 266 g/mol. The van der Waals surface area contributed by atoms with Crippen molar-refractivity contribution in [3.8, 4) is 0 Å². The molecule has 8 atom stereocenters. The average Bonchev–Trinajstić information content (AvgIpc) is 2.75. The van der Waals surface area contributed by atoms with Crippen LogP contribution < -0.4 is 0 Å². The van der Waals surface area contributed by atoms with Crippen LogP contribution in [0.5, 0.6) is 0 Å². The van der Waals surface area contributed by atoms with E-state index in [1.807, 2.05) is 13.8 Å². The maximum Gasteiger partial charge on any atom is 0.309 e. The zero-order valence-electron chi connectivity index (χ0n) is 11.5. The highest BCUT2D eigenvalue weighted by molar-refractivity contribution is 5.75. The Morgan fingerprint density at radius 3 is 2.58 bits per heavy atom. The lowest BCUT2D eigenvalue weighted by Gasteiger charge is -2.30. The van der Waals surface area contributed by atoms with Gasteiger partial charge < -0.3 is 14.9 Å². The van der Waals surface area contributed by atoms with Crippen molar-refractivity contribution in [3.63, 3.8) is 0 Å². The maximum absolute atomic E-state index is 11.8. The van der Waals surface area contributed by atoms with E-state index in [2.05, 4.69) is 6.58 Å². The molecule has 2 aliphatic carbocycles. The van der Waals surface area contributed by atoms with Crippen molar-refractivity contribution in [2.75, 3.05) is 0 Å². The van der Waals surface area contributed by atoms with E-state index in [4.69, 9.17) is 4.74 Å². The monoisotopic (exact) mass is 266 g/mol. The Kier molecular flexibility index (Phi) is 2.98. The molecule has 4 nitrogen and oxygen atoms in total. The van der Waals surface area contributed by atoms with E-state index in [1.54, 1.807) is 0 Å². The number of carbonyl (C=O) groups is 1. The van der Waals surface area contributed by atoms with E-state index in [9.17, 15) is 15.0 Å².